The number of nitrogen functional groups attached to an aromatic ring is 1. The third-order valence-corrected chi connectivity index (χ3v) is 5.34. The van der Waals surface area contributed by atoms with E-state index >= 15 is 0 Å². The molecule has 0 atom stereocenters. The molecule has 0 fully saturated rings. The van der Waals surface area contributed by atoms with E-state index in [1.807, 2.05) is 12.1 Å². The summed E-state index contributed by atoms with van der Waals surface area (Å²) in [4.78, 5) is 0.0993. The first kappa shape index (κ1) is 14.2. The van der Waals surface area contributed by atoms with Crippen molar-refractivity contribution < 1.29 is 8.42 Å². The molecule has 6 heteroatoms. The molecule has 4 nitrogen and oxygen atoms in total. The minimum atomic E-state index is -3.66. The molecule has 2 aromatic rings. The predicted octanol–water partition coefficient (Wildman–Crippen LogP) is 3.21. The van der Waals surface area contributed by atoms with Crippen molar-refractivity contribution in [1.29, 1.82) is 0 Å². The highest BCUT2D eigenvalue weighted by molar-refractivity contribution is 7.92. The van der Waals surface area contributed by atoms with Gasteiger partial charge in [0.2, 0.25) is 0 Å². The van der Waals surface area contributed by atoms with Gasteiger partial charge in [0, 0.05) is 5.69 Å². The lowest BCUT2D eigenvalue weighted by molar-refractivity contribution is 0.601. The lowest BCUT2D eigenvalue weighted by Gasteiger charge is -2.10. The van der Waals surface area contributed by atoms with Gasteiger partial charge in [0.25, 0.3) is 10.0 Å². The Morgan fingerprint density at radius 3 is 2.57 bits per heavy atom. The van der Waals surface area contributed by atoms with Crippen LogP contribution in [0, 0.1) is 0 Å². The third kappa shape index (κ3) is 2.84. The smallest absolute Gasteiger partial charge is 0.261 e. The van der Waals surface area contributed by atoms with Gasteiger partial charge in [-0.05, 0) is 60.7 Å². The molecule has 0 saturated heterocycles. The Hall–Kier alpha value is -1.72. The fourth-order valence-corrected chi connectivity index (χ4v) is 3.84. The zero-order valence-corrected chi connectivity index (χ0v) is 12.8. The summed E-state index contributed by atoms with van der Waals surface area (Å²) < 4.78 is 27.3. The van der Waals surface area contributed by atoms with Gasteiger partial charge >= 0.3 is 0 Å². The normalized spacial score (nSPS) is 14.0. The Morgan fingerprint density at radius 2 is 1.81 bits per heavy atom. The van der Waals surface area contributed by atoms with Crippen LogP contribution in [0.5, 0.6) is 0 Å². The zero-order valence-electron chi connectivity index (χ0n) is 11.3. The van der Waals surface area contributed by atoms with Crippen LogP contribution in [-0.4, -0.2) is 8.42 Å². The zero-order chi connectivity index (χ0) is 15.0. The summed E-state index contributed by atoms with van der Waals surface area (Å²) in [5.74, 6) is 0. The summed E-state index contributed by atoms with van der Waals surface area (Å²) >= 11 is 5.88. The molecule has 1 aliphatic rings. The van der Waals surface area contributed by atoms with Crippen LogP contribution in [-0.2, 0) is 22.9 Å². The first-order chi connectivity index (χ1) is 9.95. The Kier molecular flexibility index (Phi) is 3.55. The summed E-state index contributed by atoms with van der Waals surface area (Å²) in [6.45, 7) is 0. The molecular weight excluding hydrogens is 308 g/mol. The number of halogens is 1. The molecule has 110 valence electrons. The number of fused-ring (bicyclic) bond motifs is 1. The van der Waals surface area contributed by atoms with Gasteiger partial charge in [-0.15, -0.1) is 0 Å². The SMILES string of the molecule is Nc1ccc(S(=O)(=O)Nc2ccc3c(c2)CCC3)cc1Cl. The second-order valence-corrected chi connectivity index (χ2v) is 7.22. The molecule has 0 saturated carbocycles. The molecule has 3 N–H and O–H groups in total. The van der Waals surface area contributed by atoms with Gasteiger partial charge in [-0.25, -0.2) is 8.42 Å². The van der Waals surface area contributed by atoms with Crippen molar-refractivity contribution in [2.24, 2.45) is 0 Å². The average molecular weight is 323 g/mol. The van der Waals surface area contributed by atoms with E-state index in [1.165, 1.54) is 29.3 Å². The number of nitrogens with two attached hydrogens (primary N) is 1. The highest BCUT2D eigenvalue weighted by Gasteiger charge is 2.17. The molecule has 1 aliphatic carbocycles. The van der Waals surface area contributed by atoms with Gasteiger partial charge < -0.3 is 5.73 Å². The number of hydrogen-bond acceptors (Lipinski definition) is 3. The van der Waals surface area contributed by atoms with Crippen LogP contribution in [0.25, 0.3) is 0 Å². The molecule has 21 heavy (non-hydrogen) atoms. The molecule has 3 rings (SSSR count). The third-order valence-electron chi connectivity index (χ3n) is 3.63. The average Bonchev–Trinajstić information content (AvgIpc) is 2.88. The Morgan fingerprint density at radius 1 is 1.05 bits per heavy atom. The van der Waals surface area contributed by atoms with Crippen LogP contribution in [0.2, 0.25) is 5.02 Å². The molecule has 0 amide bonds. The summed E-state index contributed by atoms with van der Waals surface area (Å²) in [5, 5.41) is 0.229. The molecule has 0 aliphatic heterocycles. The number of nitrogens with one attached hydrogen (secondary N) is 1. The van der Waals surface area contributed by atoms with Crippen molar-refractivity contribution in [3.8, 4) is 0 Å². The van der Waals surface area contributed by atoms with Crippen LogP contribution >= 0.6 is 11.6 Å². The van der Waals surface area contributed by atoms with E-state index in [9.17, 15) is 8.42 Å². The molecule has 2 aromatic carbocycles. The van der Waals surface area contributed by atoms with E-state index in [2.05, 4.69) is 4.72 Å². The van der Waals surface area contributed by atoms with Gasteiger partial charge in [-0.1, -0.05) is 17.7 Å². The number of anilines is 2. The van der Waals surface area contributed by atoms with Crippen LogP contribution in [0.1, 0.15) is 17.5 Å². The van der Waals surface area contributed by atoms with Crippen LogP contribution < -0.4 is 10.5 Å². The summed E-state index contributed by atoms with van der Waals surface area (Å²) in [6, 6.07) is 9.96. The maximum Gasteiger partial charge on any atom is 0.261 e. The second-order valence-electron chi connectivity index (χ2n) is 5.13. The van der Waals surface area contributed by atoms with Crippen molar-refractivity contribution >= 4 is 33.0 Å². The van der Waals surface area contributed by atoms with E-state index in [4.69, 9.17) is 17.3 Å². The minimum Gasteiger partial charge on any atom is -0.398 e. The first-order valence-electron chi connectivity index (χ1n) is 6.65. The predicted molar refractivity (Wildman–Crippen MR) is 85.1 cm³/mol. The number of hydrogen-bond donors (Lipinski definition) is 2. The van der Waals surface area contributed by atoms with Crippen molar-refractivity contribution in [2.45, 2.75) is 24.2 Å². The minimum absolute atomic E-state index is 0.0993. The maximum atomic E-state index is 12.4. The standard InChI is InChI=1S/C15H15ClN2O2S/c16-14-9-13(6-7-15(14)17)21(19,20)18-12-5-4-10-2-1-3-11(10)8-12/h4-9,18H,1-3,17H2. The van der Waals surface area contributed by atoms with Crippen molar-refractivity contribution in [3.63, 3.8) is 0 Å². The van der Waals surface area contributed by atoms with Gasteiger partial charge in [-0.2, -0.15) is 0 Å². The molecule has 0 heterocycles. The topological polar surface area (TPSA) is 72.2 Å². The van der Waals surface area contributed by atoms with Gasteiger partial charge in [0.15, 0.2) is 0 Å². The van der Waals surface area contributed by atoms with E-state index < -0.39 is 10.0 Å². The summed E-state index contributed by atoms with van der Waals surface area (Å²) in [5.41, 5.74) is 9.04. The Labute approximate surface area is 129 Å². The molecular formula is C15H15ClN2O2S. The van der Waals surface area contributed by atoms with E-state index in [0.29, 0.717) is 11.4 Å². The highest BCUT2D eigenvalue weighted by Crippen LogP contribution is 2.27. The van der Waals surface area contributed by atoms with Crippen molar-refractivity contribution in [2.75, 3.05) is 10.5 Å². The molecule has 0 radical (unpaired) electrons. The molecule has 0 aromatic heterocycles. The second kappa shape index (κ2) is 5.24. The van der Waals surface area contributed by atoms with Crippen molar-refractivity contribution in [1.82, 2.24) is 0 Å². The molecule has 0 bridgehead atoms. The number of aryl methyl sites for hydroxylation is 2. The van der Waals surface area contributed by atoms with Crippen LogP contribution in [0.3, 0.4) is 0 Å². The summed E-state index contributed by atoms with van der Waals surface area (Å²) in [6.07, 6.45) is 3.19. The maximum absolute atomic E-state index is 12.4. The monoisotopic (exact) mass is 322 g/mol. The van der Waals surface area contributed by atoms with Gasteiger partial charge in [0.05, 0.1) is 15.6 Å². The quantitative estimate of drug-likeness (QED) is 0.852. The van der Waals surface area contributed by atoms with Crippen molar-refractivity contribution in [3.05, 3.63) is 52.5 Å². The lowest BCUT2D eigenvalue weighted by atomic mass is 10.1. The molecule has 0 unspecified atom stereocenters. The lowest BCUT2D eigenvalue weighted by Crippen LogP contribution is -2.13. The number of rotatable bonds is 3. The Bertz CT molecular complexity index is 803. The largest absolute Gasteiger partial charge is 0.398 e. The molecule has 0 spiro atoms. The Balaban J connectivity index is 1.90. The highest BCUT2D eigenvalue weighted by atomic mass is 35.5. The fraction of sp³-hybridized carbons (Fsp3) is 0.200. The van der Waals surface area contributed by atoms with Crippen LogP contribution in [0.4, 0.5) is 11.4 Å². The van der Waals surface area contributed by atoms with E-state index in [0.717, 1.165) is 19.3 Å². The van der Waals surface area contributed by atoms with Gasteiger partial charge in [0.1, 0.15) is 0 Å². The fourth-order valence-electron chi connectivity index (χ4n) is 2.52. The number of benzene rings is 2. The van der Waals surface area contributed by atoms with Crippen LogP contribution in [0.15, 0.2) is 41.3 Å². The first-order valence-corrected chi connectivity index (χ1v) is 8.51. The summed E-state index contributed by atoms with van der Waals surface area (Å²) in [7, 11) is -3.66. The van der Waals surface area contributed by atoms with E-state index in [1.54, 1.807) is 6.07 Å². The number of sulfonamides is 1. The van der Waals surface area contributed by atoms with Gasteiger partial charge in [-0.3, -0.25) is 4.72 Å². The van der Waals surface area contributed by atoms with E-state index in [-0.39, 0.29) is 9.92 Å².